The van der Waals surface area contributed by atoms with Gasteiger partial charge in [-0.25, -0.2) is 0 Å². The second-order valence-electron chi connectivity index (χ2n) is 5.03. The Bertz CT molecular complexity index is 952. The van der Waals surface area contributed by atoms with Gasteiger partial charge < -0.3 is 4.42 Å². The van der Waals surface area contributed by atoms with Crippen LogP contribution in [0, 0.1) is 0 Å². The lowest BCUT2D eigenvalue weighted by Crippen LogP contribution is -2.01. The van der Waals surface area contributed by atoms with Gasteiger partial charge in [0.25, 0.3) is 0 Å². The van der Waals surface area contributed by atoms with Gasteiger partial charge in [0.1, 0.15) is 11.3 Å². The molecule has 0 bridgehead atoms. The summed E-state index contributed by atoms with van der Waals surface area (Å²) >= 11 is 0. The standard InChI is InChI=1S/C19H12O2/c20-15-11-16(13-6-2-1-3-7-13)17-10-14-8-4-5-9-18(14)21-19(17)12-15/h1-12H. The average molecular weight is 272 g/mol. The van der Waals surface area contributed by atoms with Crippen molar-refractivity contribution < 1.29 is 4.42 Å². The van der Waals surface area contributed by atoms with E-state index < -0.39 is 0 Å². The molecule has 4 rings (SSSR count). The Kier molecular flexibility index (Phi) is 2.61. The summed E-state index contributed by atoms with van der Waals surface area (Å²) in [4.78, 5) is 12.0. The van der Waals surface area contributed by atoms with Gasteiger partial charge in [-0.3, -0.25) is 4.79 Å². The third-order valence-corrected chi connectivity index (χ3v) is 3.64. The van der Waals surface area contributed by atoms with Crippen LogP contribution in [0.4, 0.5) is 0 Å². The molecule has 0 spiro atoms. The number of hydrogen-bond acceptors (Lipinski definition) is 2. The van der Waals surface area contributed by atoms with E-state index >= 15 is 0 Å². The van der Waals surface area contributed by atoms with Crippen LogP contribution in [0.2, 0.25) is 0 Å². The van der Waals surface area contributed by atoms with Crippen molar-refractivity contribution in [2.75, 3.05) is 0 Å². The first-order valence-electron chi connectivity index (χ1n) is 6.83. The van der Waals surface area contributed by atoms with Crippen LogP contribution in [0.25, 0.3) is 33.4 Å². The molecule has 100 valence electrons. The molecular formula is C19H12O2. The molecule has 2 aromatic rings. The molecule has 2 aliphatic rings. The Balaban J connectivity index is 2.12. The van der Waals surface area contributed by atoms with Gasteiger partial charge in [-0.2, -0.15) is 0 Å². The van der Waals surface area contributed by atoms with Crippen molar-refractivity contribution in [3.63, 3.8) is 0 Å². The highest BCUT2D eigenvalue weighted by molar-refractivity contribution is 5.89. The molecule has 0 atom stereocenters. The van der Waals surface area contributed by atoms with E-state index in [1.54, 1.807) is 12.1 Å². The summed E-state index contributed by atoms with van der Waals surface area (Å²) in [5.74, 6) is 0.625. The zero-order valence-corrected chi connectivity index (χ0v) is 11.2. The molecular weight excluding hydrogens is 260 g/mol. The van der Waals surface area contributed by atoms with Crippen molar-refractivity contribution in [2.45, 2.75) is 0 Å². The lowest BCUT2D eigenvalue weighted by atomic mass is 9.96. The SMILES string of the molecule is O=c1cc2oc3ccccc3cc-2c(-c2ccccc2)c1. The topological polar surface area (TPSA) is 30.2 Å². The highest BCUT2D eigenvalue weighted by Gasteiger charge is 2.14. The van der Waals surface area contributed by atoms with Crippen molar-refractivity contribution in [3.05, 3.63) is 83.0 Å². The minimum absolute atomic E-state index is 0.0413. The fourth-order valence-corrected chi connectivity index (χ4v) is 2.66. The van der Waals surface area contributed by atoms with Gasteiger partial charge in [-0.15, -0.1) is 0 Å². The normalized spacial score (nSPS) is 11.0. The number of fused-ring (bicyclic) bond motifs is 2. The predicted molar refractivity (Wildman–Crippen MR) is 84.5 cm³/mol. The van der Waals surface area contributed by atoms with Crippen molar-refractivity contribution in [2.24, 2.45) is 0 Å². The van der Waals surface area contributed by atoms with E-state index in [0.29, 0.717) is 5.76 Å². The third-order valence-electron chi connectivity index (χ3n) is 3.64. The van der Waals surface area contributed by atoms with Gasteiger partial charge >= 0.3 is 0 Å². The van der Waals surface area contributed by atoms with E-state index in [4.69, 9.17) is 4.42 Å². The molecule has 0 saturated carbocycles. The molecule has 0 amide bonds. The number of benzene rings is 3. The van der Waals surface area contributed by atoms with Crippen molar-refractivity contribution in [3.8, 4) is 22.5 Å². The molecule has 1 aliphatic heterocycles. The number of rotatable bonds is 1. The van der Waals surface area contributed by atoms with Gasteiger partial charge in [-0.1, -0.05) is 48.5 Å². The van der Waals surface area contributed by atoms with E-state index in [9.17, 15) is 4.79 Å². The van der Waals surface area contributed by atoms with Crippen LogP contribution in [0.5, 0.6) is 0 Å². The number of hydrogen-bond donors (Lipinski definition) is 0. The van der Waals surface area contributed by atoms with Gasteiger partial charge in [0, 0.05) is 17.0 Å². The lowest BCUT2D eigenvalue weighted by molar-refractivity contribution is 0.619. The quantitative estimate of drug-likeness (QED) is 0.475. The smallest absolute Gasteiger partial charge is 0.183 e. The second-order valence-corrected chi connectivity index (χ2v) is 5.03. The summed E-state index contributed by atoms with van der Waals surface area (Å²) in [6.07, 6.45) is 0. The summed E-state index contributed by atoms with van der Waals surface area (Å²) in [5, 5.41) is 1.03. The Morgan fingerprint density at radius 3 is 2.33 bits per heavy atom. The summed E-state index contributed by atoms with van der Waals surface area (Å²) < 4.78 is 5.89. The van der Waals surface area contributed by atoms with Crippen LogP contribution in [0.15, 0.2) is 82.0 Å². The Morgan fingerprint density at radius 1 is 0.714 bits per heavy atom. The van der Waals surface area contributed by atoms with Crippen LogP contribution >= 0.6 is 0 Å². The maximum Gasteiger partial charge on any atom is 0.183 e. The molecule has 2 heteroatoms. The van der Waals surface area contributed by atoms with Crippen molar-refractivity contribution >= 4 is 11.0 Å². The third kappa shape index (κ3) is 2.01. The minimum atomic E-state index is -0.0413. The summed E-state index contributed by atoms with van der Waals surface area (Å²) in [6, 6.07) is 23.0. The Hall–Kier alpha value is -2.87. The van der Waals surface area contributed by atoms with Crippen LogP contribution in [0.3, 0.4) is 0 Å². The van der Waals surface area contributed by atoms with E-state index in [-0.39, 0.29) is 5.43 Å². The van der Waals surface area contributed by atoms with Gasteiger partial charge in [0.05, 0.1) is 0 Å². The Labute approximate surface area is 121 Å². The van der Waals surface area contributed by atoms with Crippen LogP contribution < -0.4 is 5.43 Å². The largest absolute Gasteiger partial charge is 0.456 e. The van der Waals surface area contributed by atoms with E-state index in [0.717, 1.165) is 27.7 Å². The molecule has 1 heterocycles. The maximum absolute atomic E-state index is 12.0. The number of para-hydroxylation sites is 1. The van der Waals surface area contributed by atoms with E-state index in [1.807, 2.05) is 54.6 Å². The van der Waals surface area contributed by atoms with Crippen LogP contribution in [-0.4, -0.2) is 0 Å². The first kappa shape index (κ1) is 11.9. The van der Waals surface area contributed by atoms with Crippen molar-refractivity contribution in [1.29, 1.82) is 0 Å². The second kappa shape index (κ2) is 4.60. The van der Waals surface area contributed by atoms with Gasteiger partial charge in [0.2, 0.25) is 0 Å². The predicted octanol–water partition coefficient (Wildman–Crippen LogP) is 4.56. The lowest BCUT2D eigenvalue weighted by Gasteiger charge is -2.12. The molecule has 2 nitrogen and oxygen atoms in total. The molecule has 0 saturated heterocycles. The Morgan fingerprint density at radius 2 is 1.48 bits per heavy atom. The van der Waals surface area contributed by atoms with E-state index in [1.165, 1.54) is 0 Å². The summed E-state index contributed by atoms with van der Waals surface area (Å²) in [7, 11) is 0. The first-order chi connectivity index (χ1) is 10.3. The van der Waals surface area contributed by atoms with Gasteiger partial charge in [0.15, 0.2) is 5.43 Å². The molecule has 0 aromatic heterocycles. The van der Waals surface area contributed by atoms with Crippen LogP contribution in [0.1, 0.15) is 0 Å². The molecule has 0 fully saturated rings. The van der Waals surface area contributed by atoms with Crippen molar-refractivity contribution in [1.82, 2.24) is 0 Å². The summed E-state index contributed by atoms with van der Waals surface area (Å²) in [6.45, 7) is 0. The zero-order valence-electron chi connectivity index (χ0n) is 11.2. The highest BCUT2D eigenvalue weighted by atomic mass is 16.3. The monoisotopic (exact) mass is 272 g/mol. The molecule has 21 heavy (non-hydrogen) atoms. The molecule has 0 unspecified atom stereocenters. The van der Waals surface area contributed by atoms with Gasteiger partial charge in [-0.05, 0) is 29.3 Å². The first-order valence-corrected chi connectivity index (χ1v) is 6.83. The molecule has 0 N–H and O–H groups in total. The fourth-order valence-electron chi connectivity index (χ4n) is 2.66. The molecule has 0 radical (unpaired) electrons. The molecule has 2 aromatic carbocycles. The molecule has 1 aliphatic carbocycles. The van der Waals surface area contributed by atoms with Crippen LogP contribution in [-0.2, 0) is 0 Å². The summed E-state index contributed by atoms with van der Waals surface area (Å²) in [5.41, 5.74) is 3.63. The minimum Gasteiger partial charge on any atom is -0.456 e. The fraction of sp³-hybridized carbons (Fsp3) is 0. The van der Waals surface area contributed by atoms with E-state index in [2.05, 4.69) is 6.07 Å². The highest BCUT2D eigenvalue weighted by Crippen LogP contribution is 2.35. The maximum atomic E-state index is 12.0. The average Bonchev–Trinajstić information content (AvgIpc) is 2.53. The zero-order chi connectivity index (χ0) is 14.2.